The molecular formula is C27H16BrClO7. The van der Waals surface area contributed by atoms with Crippen molar-refractivity contribution in [2.45, 2.75) is 13.5 Å². The van der Waals surface area contributed by atoms with Crippen LogP contribution in [0.5, 0.6) is 17.2 Å². The van der Waals surface area contributed by atoms with E-state index in [0.29, 0.717) is 50.8 Å². The number of furan rings is 1. The van der Waals surface area contributed by atoms with Crippen LogP contribution in [0.1, 0.15) is 37.6 Å². The number of halogens is 2. The van der Waals surface area contributed by atoms with Crippen LogP contribution in [-0.2, 0) is 11.3 Å². The normalized spacial score (nSPS) is 15.4. The third-order valence-corrected chi connectivity index (χ3v) is 6.52. The Morgan fingerprint density at radius 3 is 2.86 bits per heavy atom. The number of ketones is 1. The minimum atomic E-state index is -0.679. The summed E-state index contributed by atoms with van der Waals surface area (Å²) in [5, 5.41) is 1.22. The van der Waals surface area contributed by atoms with Crippen molar-refractivity contribution in [3.05, 3.63) is 91.8 Å². The second-order valence-electron chi connectivity index (χ2n) is 8.33. The fourth-order valence-electron chi connectivity index (χ4n) is 4.27. The molecule has 3 aromatic carbocycles. The van der Waals surface area contributed by atoms with E-state index in [-0.39, 0.29) is 29.8 Å². The van der Waals surface area contributed by atoms with Crippen LogP contribution in [0.4, 0.5) is 0 Å². The van der Waals surface area contributed by atoms with Crippen LogP contribution < -0.4 is 14.2 Å². The number of rotatable bonds is 3. The van der Waals surface area contributed by atoms with Crippen LogP contribution in [0.25, 0.3) is 17.0 Å². The van der Waals surface area contributed by atoms with E-state index < -0.39 is 5.97 Å². The van der Waals surface area contributed by atoms with E-state index in [0.717, 1.165) is 10.0 Å². The lowest BCUT2D eigenvalue weighted by atomic mass is 10.0. The summed E-state index contributed by atoms with van der Waals surface area (Å²) in [7, 11) is 0. The largest absolute Gasteiger partial charge is 0.467 e. The first-order valence-electron chi connectivity index (χ1n) is 10.9. The molecular weight excluding hydrogens is 552 g/mol. The zero-order valence-corrected chi connectivity index (χ0v) is 21.1. The SMILES string of the molecule is Cc1cc(OC(=O)c2cc3cc(Cl)ccc3o2)cc2c1C(=O)/C(=C/c1cc(Br)cc3c1OCOC3)O2. The molecule has 2 aliphatic rings. The van der Waals surface area contributed by atoms with Gasteiger partial charge in [-0.05, 0) is 61.0 Å². The van der Waals surface area contributed by atoms with Gasteiger partial charge in [0.2, 0.25) is 11.5 Å². The van der Waals surface area contributed by atoms with Crippen LogP contribution in [0, 0.1) is 6.92 Å². The van der Waals surface area contributed by atoms with E-state index in [1.165, 1.54) is 6.07 Å². The third kappa shape index (κ3) is 4.07. The highest BCUT2D eigenvalue weighted by atomic mass is 79.9. The summed E-state index contributed by atoms with van der Waals surface area (Å²) in [5.74, 6) is 0.398. The van der Waals surface area contributed by atoms with Crippen molar-refractivity contribution >= 4 is 56.3 Å². The lowest BCUT2D eigenvalue weighted by Gasteiger charge is -2.20. The summed E-state index contributed by atoms with van der Waals surface area (Å²) in [5.41, 5.74) is 3.09. The Balaban J connectivity index is 1.29. The van der Waals surface area contributed by atoms with Crippen molar-refractivity contribution in [1.29, 1.82) is 0 Å². The van der Waals surface area contributed by atoms with Gasteiger partial charge in [-0.15, -0.1) is 0 Å². The lowest BCUT2D eigenvalue weighted by molar-refractivity contribution is -0.0165. The topological polar surface area (TPSA) is 84.2 Å². The number of allylic oxidation sites excluding steroid dienone is 1. The minimum absolute atomic E-state index is 0.0337. The predicted octanol–water partition coefficient (Wildman–Crippen LogP) is 6.86. The number of carbonyl (C=O) groups is 2. The van der Waals surface area contributed by atoms with Gasteiger partial charge >= 0.3 is 5.97 Å². The maximum Gasteiger partial charge on any atom is 0.379 e. The van der Waals surface area contributed by atoms with E-state index in [4.69, 9.17) is 35.0 Å². The molecule has 0 aliphatic carbocycles. The van der Waals surface area contributed by atoms with E-state index in [2.05, 4.69) is 15.9 Å². The molecule has 0 saturated carbocycles. The monoisotopic (exact) mass is 566 g/mol. The Bertz CT molecular complexity index is 1620. The number of Topliss-reactive ketones (excluding diaryl/α,β-unsaturated/α-hetero) is 1. The number of ether oxygens (including phenoxy) is 4. The maximum atomic E-state index is 13.2. The van der Waals surface area contributed by atoms with Crippen LogP contribution >= 0.6 is 27.5 Å². The van der Waals surface area contributed by atoms with Gasteiger partial charge < -0.3 is 23.4 Å². The summed E-state index contributed by atoms with van der Waals surface area (Å²) in [6, 6.07) is 13.5. The molecule has 0 saturated heterocycles. The predicted molar refractivity (Wildman–Crippen MR) is 135 cm³/mol. The average molecular weight is 568 g/mol. The molecule has 0 unspecified atom stereocenters. The van der Waals surface area contributed by atoms with E-state index in [9.17, 15) is 9.59 Å². The summed E-state index contributed by atoms with van der Waals surface area (Å²) in [4.78, 5) is 25.9. The third-order valence-electron chi connectivity index (χ3n) is 5.82. The fourth-order valence-corrected chi connectivity index (χ4v) is 4.97. The second kappa shape index (κ2) is 8.81. The number of benzene rings is 3. The molecule has 2 aliphatic heterocycles. The van der Waals surface area contributed by atoms with Crippen molar-refractivity contribution in [2.24, 2.45) is 0 Å². The van der Waals surface area contributed by atoms with Gasteiger partial charge in [-0.25, -0.2) is 4.79 Å². The van der Waals surface area contributed by atoms with Gasteiger partial charge in [-0.1, -0.05) is 27.5 Å². The molecule has 0 spiro atoms. The van der Waals surface area contributed by atoms with Crippen molar-refractivity contribution in [2.75, 3.05) is 6.79 Å². The van der Waals surface area contributed by atoms with Crippen molar-refractivity contribution in [3.63, 3.8) is 0 Å². The summed E-state index contributed by atoms with van der Waals surface area (Å²) in [6.07, 6.45) is 1.64. The molecule has 6 rings (SSSR count). The summed E-state index contributed by atoms with van der Waals surface area (Å²) < 4.78 is 28.8. The Morgan fingerprint density at radius 1 is 1.14 bits per heavy atom. The Morgan fingerprint density at radius 2 is 2.00 bits per heavy atom. The van der Waals surface area contributed by atoms with Crippen LogP contribution in [-0.4, -0.2) is 18.5 Å². The van der Waals surface area contributed by atoms with Crippen LogP contribution in [0.2, 0.25) is 5.02 Å². The lowest BCUT2D eigenvalue weighted by Crippen LogP contribution is -2.12. The second-order valence-corrected chi connectivity index (χ2v) is 9.68. The number of fused-ring (bicyclic) bond motifs is 3. The van der Waals surface area contributed by atoms with Crippen LogP contribution in [0.15, 0.2) is 63.2 Å². The number of esters is 1. The first-order chi connectivity index (χ1) is 17.4. The molecule has 36 heavy (non-hydrogen) atoms. The highest BCUT2D eigenvalue weighted by Gasteiger charge is 2.31. The molecule has 7 nitrogen and oxygen atoms in total. The first kappa shape index (κ1) is 22.8. The van der Waals surface area contributed by atoms with Gasteiger partial charge in [-0.3, -0.25) is 4.79 Å². The van der Waals surface area contributed by atoms with Gasteiger partial charge in [0.25, 0.3) is 0 Å². The minimum Gasteiger partial charge on any atom is -0.467 e. The Hall–Kier alpha value is -3.59. The molecule has 1 aromatic heterocycles. The molecule has 180 valence electrons. The van der Waals surface area contributed by atoms with E-state index in [1.54, 1.807) is 43.3 Å². The van der Waals surface area contributed by atoms with Crippen molar-refractivity contribution < 1.29 is 33.0 Å². The van der Waals surface area contributed by atoms with Gasteiger partial charge in [-0.2, -0.15) is 0 Å². The van der Waals surface area contributed by atoms with Gasteiger partial charge in [0.1, 0.15) is 22.8 Å². The molecule has 0 radical (unpaired) electrons. The van der Waals surface area contributed by atoms with Gasteiger partial charge in [0, 0.05) is 32.1 Å². The number of hydrogen-bond donors (Lipinski definition) is 0. The highest BCUT2D eigenvalue weighted by Crippen LogP contribution is 2.40. The Kier molecular flexibility index (Phi) is 5.59. The zero-order chi connectivity index (χ0) is 25.0. The average Bonchev–Trinajstić information content (AvgIpc) is 3.39. The molecule has 0 N–H and O–H groups in total. The summed E-state index contributed by atoms with van der Waals surface area (Å²) >= 11 is 9.49. The smallest absolute Gasteiger partial charge is 0.379 e. The fraction of sp³-hybridized carbons (Fsp3) is 0.111. The quantitative estimate of drug-likeness (QED) is 0.152. The molecule has 0 fully saturated rings. The van der Waals surface area contributed by atoms with Crippen molar-refractivity contribution in [1.82, 2.24) is 0 Å². The molecule has 0 amide bonds. The van der Waals surface area contributed by atoms with Gasteiger partial charge in [0.05, 0.1) is 12.2 Å². The molecule has 0 bridgehead atoms. The number of hydrogen-bond acceptors (Lipinski definition) is 7. The van der Waals surface area contributed by atoms with E-state index in [1.807, 2.05) is 12.1 Å². The van der Waals surface area contributed by atoms with Crippen LogP contribution in [0.3, 0.4) is 0 Å². The standard InChI is InChI=1S/C27H16BrClO7/c1-13-4-19(34-27(31)23-8-14-7-18(29)2-3-20(14)35-23)10-21-24(13)25(30)22(36-21)9-15-5-17(28)6-16-11-32-12-33-26(15)16/h2-10H,11-12H2,1H3/b22-9-. The molecule has 3 heterocycles. The first-order valence-corrected chi connectivity index (χ1v) is 12.1. The Labute approximate surface area is 218 Å². The maximum absolute atomic E-state index is 13.2. The van der Waals surface area contributed by atoms with Gasteiger partial charge in [0.15, 0.2) is 12.6 Å². The molecule has 0 atom stereocenters. The summed E-state index contributed by atoms with van der Waals surface area (Å²) in [6.45, 7) is 2.29. The highest BCUT2D eigenvalue weighted by molar-refractivity contribution is 9.10. The molecule has 9 heteroatoms. The number of carbonyl (C=O) groups excluding carboxylic acids is 2. The number of aryl methyl sites for hydroxylation is 1. The van der Waals surface area contributed by atoms with E-state index >= 15 is 0 Å². The molecule has 4 aromatic rings. The van der Waals surface area contributed by atoms with Crippen molar-refractivity contribution in [3.8, 4) is 17.2 Å². The zero-order valence-electron chi connectivity index (χ0n) is 18.7.